The maximum atomic E-state index is 5.42. The zero-order valence-corrected chi connectivity index (χ0v) is 14.0. The number of aryl methyl sites for hydroxylation is 2. The van der Waals surface area contributed by atoms with Crippen LogP contribution in [0.3, 0.4) is 0 Å². The second-order valence-corrected chi connectivity index (χ2v) is 6.71. The summed E-state index contributed by atoms with van der Waals surface area (Å²) >= 11 is 1.73. The summed E-state index contributed by atoms with van der Waals surface area (Å²) in [5.41, 5.74) is 2.05. The molecular formula is C14H23N5OS. The van der Waals surface area contributed by atoms with E-state index in [1.807, 2.05) is 18.7 Å². The van der Waals surface area contributed by atoms with Gasteiger partial charge < -0.3 is 9.64 Å². The van der Waals surface area contributed by atoms with Crippen molar-refractivity contribution >= 4 is 26.8 Å². The smallest absolute Gasteiger partial charge is 0.187 e. The lowest BCUT2D eigenvalue weighted by Gasteiger charge is -2.34. The highest BCUT2D eigenvalue weighted by Gasteiger charge is 2.20. The first-order valence-corrected chi connectivity index (χ1v) is 8.21. The Morgan fingerprint density at radius 1 is 1.38 bits per heavy atom. The van der Waals surface area contributed by atoms with Crippen molar-refractivity contribution in [3.05, 3.63) is 5.69 Å². The molecule has 1 atom stereocenters. The number of hydrogen-bond donors (Lipinski definition) is 0. The number of likely N-dealkylation sites (N-methyl/N-ethyl adjacent to an activating group) is 1. The first-order valence-electron chi connectivity index (χ1n) is 7.39. The monoisotopic (exact) mass is 309 g/mol. The maximum Gasteiger partial charge on any atom is 0.187 e. The zero-order chi connectivity index (χ0) is 15.0. The Bertz CT molecular complexity index is 582. The molecule has 0 radical (unpaired) electrons. The van der Waals surface area contributed by atoms with Gasteiger partial charge in [0.25, 0.3) is 0 Å². The van der Waals surface area contributed by atoms with Crippen LogP contribution >= 0.6 is 11.3 Å². The van der Waals surface area contributed by atoms with E-state index in [2.05, 4.69) is 28.9 Å². The lowest BCUT2D eigenvalue weighted by molar-refractivity contribution is 0.0218. The van der Waals surface area contributed by atoms with Crippen molar-refractivity contribution in [1.29, 1.82) is 0 Å². The third-order valence-electron chi connectivity index (χ3n) is 4.07. The number of fused-ring (bicyclic) bond motifs is 1. The summed E-state index contributed by atoms with van der Waals surface area (Å²) in [4.78, 5) is 9.47. The van der Waals surface area contributed by atoms with Gasteiger partial charge in [-0.3, -0.25) is 4.90 Å². The van der Waals surface area contributed by atoms with E-state index in [9.17, 15) is 0 Å². The Balaban J connectivity index is 1.71. The van der Waals surface area contributed by atoms with E-state index in [0.29, 0.717) is 6.04 Å². The van der Waals surface area contributed by atoms with E-state index in [1.165, 1.54) is 4.70 Å². The fourth-order valence-corrected chi connectivity index (χ4v) is 3.85. The molecule has 0 aliphatic carbocycles. The number of nitrogens with zero attached hydrogens (tertiary/aromatic N) is 5. The molecule has 2 aromatic rings. The molecule has 1 saturated heterocycles. The third-order valence-corrected chi connectivity index (χ3v) is 5.33. The standard InChI is InChI=1S/C14H23N5OS/c1-10(19-5-7-20-8-6-19)9-17(3)14-15-13-12(21-14)11(2)16-18(13)4/h10H,5-9H2,1-4H3/t10-/m0/s1. The number of aromatic nitrogens is 3. The van der Waals surface area contributed by atoms with Crippen LogP contribution in [0, 0.1) is 6.92 Å². The SMILES string of the molecule is Cc1nn(C)c2nc(N(C)C[C@H](C)N3CCOCC3)sc12. The van der Waals surface area contributed by atoms with E-state index >= 15 is 0 Å². The van der Waals surface area contributed by atoms with Gasteiger partial charge in [-0.2, -0.15) is 5.10 Å². The predicted molar refractivity (Wildman–Crippen MR) is 86.2 cm³/mol. The molecule has 3 rings (SSSR count). The number of thiazole rings is 1. The van der Waals surface area contributed by atoms with Crippen LogP contribution in [0.25, 0.3) is 10.3 Å². The molecule has 21 heavy (non-hydrogen) atoms. The maximum absolute atomic E-state index is 5.42. The van der Waals surface area contributed by atoms with Crippen LogP contribution in [0.1, 0.15) is 12.6 Å². The van der Waals surface area contributed by atoms with Crippen LogP contribution in [-0.4, -0.2) is 65.6 Å². The predicted octanol–water partition coefficient (Wildman–Crippen LogP) is 1.50. The van der Waals surface area contributed by atoms with Crippen molar-refractivity contribution < 1.29 is 4.74 Å². The quantitative estimate of drug-likeness (QED) is 0.856. The van der Waals surface area contributed by atoms with Crippen LogP contribution in [0.2, 0.25) is 0 Å². The molecule has 116 valence electrons. The van der Waals surface area contributed by atoms with Crippen molar-refractivity contribution in [3.8, 4) is 0 Å². The molecule has 0 saturated carbocycles. The molecule has 0 amide bonds. The molecule has 7 heteroatoms. The minimum absolute atomic E-state index is 0.505. The van der Waals surface area contributed by atoms with Gasteiger partial charge in [-0.05, 0) is 13.8 Å². The van der Waals surface area contributed by atoms with Gasteiger partial charge in [0.2, 0.25) is 0 Å². The molecule has 0 spiro atoms. The molecule has 1 fully saturated rings. The van der Waals surface area contributed by atoms with Gasteiger partial charge in [0.05, 0.1) is 23.6 Å². The normalized spacial score (nSPS) is 18.3. The first kappa shape index (κ1) is 14.7. The topological polar surface area (TPSA) is 46.4 Å². The Morgan fingerprint density at radius 2 is 2.10 bits per heavy atom. The molecule has 0 aromatic carbocycles. The van der Waals surface area contributed by atoms with E-state index in [-0.39, 0.29) is 0 Å². The second-order valence-electron chi connectivity index (χ2n) is 5.74. The first-order chi connectivity index (χ1) is 10.1. The molecule has 2 aromatic heterocycles. The minimum Gasteiger partial charge on any atom is -0.379 e. The lowest BCUT2D eigenvalue weighted by Crippen LogP contribution is -2.46. The van der Waals surface area contributed by atoms with Gasteiger partial charge in [-0.15, -0.1) is 0 Å². The van der Waals surface area contributed by atoms with Crippen LogP contribution in [0.4, 0.5) is 5.13 Å². The molecule has 0 N–H and O–H groups in total. The van der Waals surface area contributed by atoms with Crippen molar-refractivity contribution in [2.24, 2.45) is 7.05 Å². The van der Waals surface area contributed by atoms with Crippen molar-refractivity contribution in [2.45, 2.75) is 19.9 Å². The second kappa shape index (κ2) is 5.90. The number of morpholine rings is 1. The number of ether oxygens (including phenoxy) is 1. The van der Waals surface area contributed by atoms with E-state index in [0.717, 1.165) is 49.3 Å². The van der Waals surface area contributed by atoms with Crippen molar-refractivity contribution in [1.82, 2.24) is 19.7 Å². The van der Waals surface area contributed by atoms with Crippen LogP contribution in [-0.2, 0) is 11.8 Å². The van der Waals surface area contributed by atoms with Gasteiger partial charge in [-0.1, -0.05) is 11.3 Å². The van der Waals surface area contributed by atoms with E-state index < -0.39 is 0 Å². The van der Waals surface area contributed by atoms with Gasteiger partial charge in [-0.25, -0.2) is 9.67 Å². The zero-order valence-electron chi connectivity index (χ0n) is 13.2. The largest absolute Gasteiger partial charge is 0.379 e. The highest BCUT2D eigenvalue weighted by Crippen LogP contribution is 2.30. The summed E-state index contributed by atoms with van der Waals surface area (Å²) in [6.45, 7) is 9.05. The lowest BCUT2D eigenvalue weighted by atomic mass is 10.2. The van der Waals surface area contributed by atoms with E-state index in [1.54, 1.807) is 11.3 Å². The summed E-state index contributed by atoms with van der Waals surface area (Å²) in [5.74, 6) is 0. The molecule has 1 aliphatic heterocycles. The molecular weight excluding hydrogens is 286 g/mol. The fourth-order valence-electron chi connectivity index (χ4n) is 2.85. The Kier molecular flexibility index (Phi) is 4.14. The van der Waals surface area contributed by atoms with Gasteiger partial charge in [0, 0.05) is 39.8 Å². The Morgan fingerprint density at radius 3 is 2.76 bits per heavy atom. The van der Waals surface area contributed by atoms with Crippen LogP contribution in [0.15, 0.2) is 0 Å². The third kappa shape index (κ3) is 2.90. The van der Waals surface area contributed by atoms with E-state index in [4.69, 9.17) is 9.72 Å². The van der Waals surface area contributed by atoms with Gasteiger partial charge in [0.15, 0.2) is 10.8 Å². The highest BCUT2D eigenvalue weighted by molar-refractivity contribution is 7.22. The summed E-state index contributed by atoms with van der Waals surface area (Å²) in [6, 6.07) is 0.505. The van der Waals surface area contributed by atoms with Crippen LogP contribution in [0.5, 0.6) is 0 Å². The minimum atomic E-state index is 0.505. The average Bonchev–Trinajstić information content (AvgIpc) is 3.02. The summed E-state index contributed by atoms with van der Waals surface area (Å²) < 4.78 is 8.48. The molecule has 3 heterocycles. The highest BCUT2D eigenvalue weighted by atomic mass is 32.1. The van der Waals surface area contributed by atoms with Gasteiger partial charge in [0.1, 0.15) is 0 Å². The van der Waals surface area contributed by atoms with Crippen LogP contribution < -0.4 is 4.90 Å². The molecule has 6 nitrogen and oxygen atoms in total. The number of anilines is 1. The number of hydrogen-bond acceptors (Lipinski definition) is 6. The van der Waals surface area contributed by atoms with Crippen molar-refractivity contribution in [2.75, 3.05) is 44.8 Å². The Hall–Kier alpha value is -1.18. The fraction of sp³-hybridized carbons (Fsp3) is 0.714. The molecule has 0 bridgehead atoms. The average molecular weight is 309 g/mol. The van der Waals surface area contributed by atoms with Crippen molar-refractivity contribution in [3.63, 3.8) is 0 Å². The molecule has 0 unspecified atom stereocenters. The molecule has 1 aliphatic rings. The van der Waals surface area contributed by atoms with Gasteiger partial charge >= 0.3 is 0 Å². The number of rotatable bonds is 4. The summed E-state index contributed by atoms with van der Waals surface area (Å²) in [7, 11) is 4.08. The summed E-state index contributed by atoms with van der Waals surface area (Å²) in [5, 5.41) is 5.48. The summed E-state index contributed by atoms with van der Waals surface area (Å²) in [6.07, 6.45) is 0. The Labute approximate surface area is 129 Å².